The van der Waals surface area contributed by atoms with Gasteiger partial charge in [-0.25, -0.2) is 0 Å². The Morgan fingerprint density at radius 1 is 0.423 bits per heavy atom. The molecular formula is C44H84N2O3S3. The number of nitrogens with zero attached hydrogens (tertiary/aromatic N) is 2. The Balaban J connectivity index is 1.86. The van der Waals surface area contributed by atoms with Crippen LogP contribution in [0.1, 0.15) is 161 Å². The van der Waals surface area contributed by atoms with Crippen LogP contribution in [0.4, 0.5) is 0 Å². The van der Waals surface area contributed by atoms with Gasteiger partial charge in [0, 0.05) is 67.3 Å². The minimum atomic E-state index is 0.585. The Morgan fingerprint density at radius 2 is 0.962 bits per heavy atom. The molecule has 1 aliphatic heterocycles. The van der Waals surface area contributed by atoms with Crippen molar-refractivity contribution in [2.75, 3.05) is 93.8 Å². The normalized spacial score (nSPS) is 26.8. The standard InChI is InChI=1S/C44H84N2O3S3/c1-2-4-6-8-10-12-14-16-18-20-22-26-44(27-23-21-19-17-15-13-11-9-7-5-3-1)46-30-34-49-37-41-51-39-29-45-28-33-48-36-35-47-32-24-25-38-50-42-43-52-40-31-46/h6,8,28,44H,1-5,7,9-27,29-43H2/b8-6+,45-28+. The molecule has 5 nitrogen and oxygen atoms in total. The van der Waals surface area contributed by atoms with Crippen molar-refractivity contribution in [1.82, 2.24) is 4.90 Å². The highest BCUT2D eigenvalue weighted by molar-refractivity contribution is 8.02. The lowest BCUT2D eigenvalue weighted by atomic mass is 9.98. The molecule has 8 heteroatoms. The maximum absolute atomic E-state index is 6.25. The van der Waals surface area contributed by atoms with Gasteiger partial charge in [-0.05, 0) is 57.1 Å². The van der Waals surface area contributed by atoms with Gasteiger partial charge >= 0.3 is 0 Å². The molecule has 0 aromatic rings. The van der Waals surface area contributed by atoms with Crippen molar-refractivity contribution >= 4 is 41.5 Å². The minimum Gasteiger partial charge on any atom is -0.379 e. The van der Waals surface area contributed by atoms with Crippen LogP contribution in [0, 0.1) is 0 Å². The highest BCUT2D eigenvalue weighted by Gasteiger charge is 2.18. The summed E-state index contributed by atoms with van der Waals surface area (Å²) < 4.78 is 17.6. The summed E-state index contributed by atoms with van der Waals surface area (Å²) in [4.78, 5) is 7.36. The number of allylic oxidation sites excluding steroid dienone is 2. The lowest BCUT2D eigenvalue weighted by molar-refractivity contribution is 0.0614. The molecule has 2 aliphatic rings. The number of hydrogen-bond donors (Lipinski definition) is 0. The van der Waals surface area contributed by atoms with Crippen molar-refractivity contribution in [2.24, 2.45) is 4.99 Å². The monoisotopic (exact) mass is 785 g/mol. The van der Waals surface area contributed by atoms with Crippen LogP contribution in [-0.4, -0.2) is 111 Å². The summed E-state index contributed by atoms with van der Waals surface area (Å²) in [6.07, 6.45) is 41.6. The molecule has 1 unspecified atom stereocenters. The van der Waals surface area contributed by atoms with E-state index in [1.165, 1.54) is 184 Å². The molecule has 0 fully saturated rings. The fourth-order valence-corrected chi connectivity index (χ4v) is 9.99. The molecule has 0 radical (unpaired) electrons. The van der Waals surface area contributed by atoms with Gasteiger partial charge in [-0.1, -0.05) is 121 Å². The second-order valence-corrected chi connectivity index (χ2v) is 18.6. The van der Waals surface area contributed by atoms with Gasteiger partial charge in [0.1, 0.15) is 0 Å². The molecule has 0 saturated heterocycles. The molecule has 0 aromatic carbocycles. The van der Waals surface area contributed by atoms with E-state index in [1.54, 1.807) is 0 Å². The van der Waals surface area contributed by atoms with E-state index in [1.807, 2.05) is 18.0 Å². The average Bonchev–Trinajstić information content (AvgIpc) is 3.15. The zero-order valence-electron chi connectivity index (χ0n) is 33.9. The predicted molar refractivity (Wildman–Crippen MR) is 238 cm³/mol. The van der Waals surface area contributed by atoms with Gasteiger partial charge < -0.3 is 14.2 Å². The van der Waals surface area contributed by atoms with Crippen LogP contribution in [-0.2, 0) is 14.2 Å². The Hall–Kier alpha value is 0.300. The Morgan fingerprint density at radius 3 is 1.62 bits per heavy atom. The quantitative estimate of drug-likeness (QED) is 0.245. The summed E-state index contributed by atoms with van der Waals surface area (Å²) in [6, 6.07) is 0.715. The van der Waals surface area contributed by atoms with Crippen LogP contribution in [0.3, 0.4) is 0 Å². The van der Waals surface area contributed by atoms with E-state index in [9.17, 15) is 0 Å². The lowest BCUT2D eigenvalue weighted by Gasteiger charge is -2.32. The molecule has 2 rings (SSSR count). The molecule has 1 heterocycles. The summed E-state index contributed by atoms with van der Waals surface area (Å²) in [5, 5.41) is 0. The highest BCUT2D eigenvalue weighted by Crippen LogP contribution is 2.21. The van der Waals surface area contributed by atoms with E-state index in [4.69, 9.17) is 14.2 Å². The van der Waals surface area contributed by atoms with Crippen LogP contribution in [0.5, 0.6) is 0 Å². The van der Waals surface area contributed by atoms with Crippen molar-refractivity contribution in [3.8, 4) is 0 Å². The molecule has 1 aliphatic carbocycles. The van der Waals surface area contributed by atoms with Gasteiger partial charge in [0.05, 0.1) is 33.0 Å². The predicted octanol–water partition coefficient (Wildman–Crippen LogP) is 12.3. The van der Waals surface area contributed by atoms with E-state index >= 15 is 0 Å². The lowest BCUT2D eigenvalue weighted by Crippen LogP contribution is -2.39. The maximum atomic E-state index is 6.25. The van der Waals surface area contributed by atoms with E-state index in [-0.39, 0.29) is 0 Å². The summed E-state index contributed by atoms with van der Waals surface area (Å²) in [6.45, 7) is 7.64. The molecule has 306 valence electrons. The third-order valence-corrected chi connectivity index (χ3v) is 13.6. The number of rotatable bonds is 1. The largest absolute Gasteiger partial charge is 0.379 e. The molecule has 0 N–H and O–H groups in total. The van der Waals surface area contributed by atoms with E-state index in [2.05, 4.69) is 45.6 Å². The van der Waals surface area contributed by atoms with Crippen LogP contribution >= 0.6 is 35.3 Å². The first-order chi connectivity index (χ1) is 26.0. The van der Waals surface area contributed by atoms with Gasteiger partial charge in [0.15, 0.2) is 0 Å². The minimum absolute atomic E-state index is 0.585. The third-order valence-electron chi connectivity index (χ3n) is 10.4. The van der Waals surface area contributed by atoms with Crippen molar-refractivity contribution in [3.05, 3.63) is 12.2 Å². The van der Waals surface area contributed by atoms with Gasteiger partial charge in [0.2, 0.25) is 0 Å². The number of ether oxygens (including phenoxy) is 3. The molecule has 0 saturated carbocycles. The molecule has 0 aromatic heterocycles. The van der Waals surface area contributed by atoms with Gasteiger partial charge in [-0.3, -0.25) is 9.89 Å². The molecule has 0 bridgehead atoms. The van der Waals surface area contributed by atoms with Crippen LogP contribution in [0.2, 0.25) is 0 Å². The first kappa shape index (κ1) is 48.4. The number of aliphatic imine (C=N–C) groups is 1. The molecule has 52 heavy (non-hydrogen) atoms. The topological polar surface area (TPSA) is 43.3 Å². The van der Waals surface area contributed by atoms with E-state index in [0.717, 1.165) is 50.8 Å². The maximum Gasteiger partial charge on any atom is 0.0815 e. The zero-order chi connectivity index (χ0) is 36.5. The number of hydrogen-bond acceptors (Lipinski definition) is 8. The number of thioether (sulfide) groups is 3. The summed E-state index contributed by atoms with van der Waals surface area (Å²) in [5.74, 6) is 7.13. The zero-order valence-corrected chi connectivity index (χ0v) is 36.4. The van der Waals surface area contributed by atoms with Crippen LogP contribution in [0.25, 0.3) is 0 Å². The Kier molecular flexibility index (Phi) is 38.2. The smallest absolute Gasteiger partial charge is 0.0815 e. The first-order valence-electron chi connectivity index (χ1n) is 22.3. The Labute approximate surface area is 336 Å². The molecule has 0 amide bonds. The summed E-state index contributed by atoms with van der Waals surface area (Å²) in [7, 11) is 0. The van der Waals surface area contributed by atoms with Crippen molar-refractivity contribution < 1.29 is 14.2 Å². The van der Waals surface area contributed by atoms with Gasteiger partial charge in [-0.2, -0.15) is 35.3 Å². The third kappa shape index (κ3) is 33.6. The molecule has 0 spiro atoms. The molecule has 1 atom stereocenters. The van der Waals surface area contributed by atoms with Crippen molar-refractivity contribution in [2.45, 2.75) is 167 Å². The van der Waals surface area contributed by atoms with Crippen molar-refractivity contribution in [3.63, 3.8) is 0 Å². The first-order valence-corrected chi connectivity index (χ1v) is 25.8. The summed E-state index contributed by atoms with van der Waals surface area (Å²) >= 11 is 6.24. The van der Waals surface area contributed by atoms with Crippen molar-refractivity contribution in [1.29, 1.82) is 0 Å². The second-order valence-electron chi connectivity index (χ2n) is 15.0. The SMILES string of the molecule is C1=C/CCCCCCCCC(N2CCOCCSCC/N=C/COCCOCCCCSCCSCC2)CCCCCCCCCCCCCCC/1. The summed E-state index contributed by atoms with van der Waals surface area (Å²) in [5.41, 5.74) is 0. The van der Waals surface area contributed by atoms with Gasteiger partial charge in [0.25, 0.3) is 0 Å². The van der Waals surface area contributed by atoms with Crippen LogP contribution in [0.15, 0.2) is 17.1 Å². The fraction of sp³-hybridized carbons (Fsp3) is 0.932. The fourth-order valence-electron chi connectivity index (χ4n) is 7.19. The van der Waals surface area contributed by atoms with E-state index in [0.29, 0.717) is 25.9 Å². The molecular weight excluding hydrogens is 701 g/mol. The average molecular weight is 785 g/mol. The highest BCUT2D eigenvalue weighted by atomic mass is 32.2. The second kappa shape index (κ2) is 40.9. The van der Waals surface area contributed by atoms with Gasteiger partial charge in [-0.15, -0.1) is 0 Å². The van der Waals surface area contributed by atoms with Crippen LogP contribution < -0.4 is 0 Å². The Bertz CT molecular complexity index is 713. The van der Waals surface area contributed by atoms with E-state index < -0.39 is 0 Å².